The number of aromatic nitrogens is 4. The smallest absolute Gasteiger partial charge is 0.338 e. The zero-order valence-corrected chi connectivity index (χ0v) is 22.4. The van der Waals surface area contributed by atoms with E-state index in [1.807, 2.05) is 0 Å². The predicted molar refractivity (Wildman–Crippen MR) is 150 cm³/mol. The van der Waals surface area contributed by atoms with Crippen LogP contribution in [0.4, 0.5) is 0 Å². The van der Waals surface area contributed by atoms with E-state index in [0.717, 1.165) is 0 Å². The number of H-pyrrole nitrogens is 1. The Morgan fingerprint density at radius 3 is 1.86 bits per heavy atom. The first-order valence-corrected chi connectivity index (χ1v) is 13.3. The van der Waals surface area contributed by atoms with Gasteiger partial charge < -0.3 is 23.9 Å². The Labute approximate surface area is 243 Å². The lowest BCUT2D eigenvalue weighted by atomic mass is 10.1. The zero-order valence-electron chi connectivity index (χ0n) is 22.4. The lowest BCUT2D eigenvalue weighted by molar-refractivity contribution is -0.0606. The second-order valence-electron chi connectivity index (χ2n) is 9.56. The van der Waals surface area contributed by atoms with Gasteiger partial charge in [-0.25, -0.2) is 24.4 Å². The van der Waals surface area contributed by atoms with Gasteiger partial charge in [-0.05, 0) is 36.4 Å². The minimum absolute atomic E-state index is 0.0241. The fraction of sp³-hybridized carbons (Fsp3) is 0.161. The molecule has 5 aromatic rings. The minimum atomic E-state index is -1.26. The molecule has 0 saturated carbocycles. The van der Waals surface area contributed by atoms with Crippen molar-refractivity contribution >= 4 is 29.1 Å². The van der Waals surface area contributed by atoms with Gasteiger partial charge in [-0.15, -0.1) is 0 Å². The highest BCUT2D eigenvalue weighted by molar-refractivity contribution is 5.91. The quantitative estimate of drug-likeness (QED) is 0.214. The molecule has 216 valence electrons. The van der Waals surface area contributed by atoms with Crippen molar-refractivity contribution in [2.45, 2.75) is 24.5 Å². The molecule has 1 aliphatic rings. The Morgan fingerprint density at radius 2 is 1.28 bits per heavy atom. The van der Waals surface area contributed by atoms with E-state index in [-0.39, 0.29) is 28.9 Å². The molecule has 0 radical (unpaired) electrons. The fourth-order valence-corrected chi connectivity index (χ4v) is 4.73. The van der Waals surface area contributed by atoms with Gasteiger partial charge in [0.15, 0.2) is 29.6 Å². The molecule has 12 heteroatoms. The van der Waals surface area contributed by atoms with Crippen LogP contribution in [0.25, 0.3) is 11.2 Å². The molecule has 0 aliphatic carbocycles. The third kappa shape index (κ3) is 5.76. The van der Waals surface area contributed by atoms with Crippen molar-refractivity contribution in [1.29, 1.82) is 0 Å². The normalized spacial score (nSPS) is 19.5. The van der Waals surface area contributed by atoms with Crippen LogP contribution in [0.2, 0.25) is 0 Å². The predicted octanol–water partition coefficient (Wildman–Crippen LogP) is 3.33. The largest absolute Gasteiger partial charge is 0.459 e. The number of hydrogen-bond acceptors (Lipinski definition) is 10. The molecule has 3 aromatic carbocycles. The summed E-state index contributed by atoms with van der Waals surface area (Å²) < 4.78 is 25.1. The summed E-state index contributed by atoms with van der Waals surface area (Å²) >= 11 is 0. The Morgan fingerprint density at radius 1 is 0.744 bits per heavy atom. The number of fused-ring (bicyclic) bond motifs is 1. The zero-order chi connectivity index (χ0) is 29.8. The minimum Gasteiger partial charge on any atom is -0.459 e. The first kappa shape index (κ1) is 27.5. The third-order valence-electron chi connectivity index (χ3n) is 6.82. The molecule has 6 rings (SSSR count). The van der Waals surface area contributed by atoms with Crippen LogP contribution in [0.3, 0.4) is 0 Å². The van der Waals surface area contributed by atoms with E-state index in [2.05, 4.69) is 15.0 Å². The second kappa shape index (κ2) is 12.1. The average molecular weight is 581 g/mol. The van der Waals surface area contributed by atoms with Crippen LogP contribution in [-0.4, -0.2) is 62.3 Å². The molecular weight excluding hydrogens is 556 g/mol. The standard InChI is InChI=1S/C31H24N4O8/c36-27-23-26(32-17-33-27)35(18-34-23)28-25(43-31(39)21-14-8-3-9-15-21)24(42-30(38)20-12-6-2-7-13-20)22(41-28)16-40-29(37)19-10-4-1-5-11-19/h1-15,17-18,22,24-25,28H,16H2,(H,32,33,36)/t22?,24?,25?,28-/m1/s1. The highest BCUT2D eigenvalue weighted by atomic mass is 16.7. The Balaban J connectivity index is 1.37. The molecule has 2 aromatic heterocycles. The number of benzene rings is 3. The molecule has 12 nitrogen and oxygen atoms in total. The van der Waals surface area contributed by atoms with Crippen LogP contribution >= 0.6 is 0 Å². The number of hydrogen-bond donors (Lipinski definition) is 1. The summed E-state index contributed by atoms with van der Waals surface area (Å²) in [6.45, 7) is -0.350. The van der Waals surface area contributed by atoms with Gasteiger partial charge in [-0.2, -0.15) is 0 Å². The first-order chi connectivity index (χ1) is 21.0. The molecule has 43 heavy (non-hydrogen) atoms. The molecular formula is C31H24N4O8. The Hall–Kier alpha value is -5.62. The SMILES string of the molecule is O=C(OCC1O[C@@H](n2cnc3c(=O)[nH]cnc32)C(OC(=O)c2ccccc2)C1OC(=O)c1ccccc1)c1ccccc1. The van der Waals surface area contributed by atoms with Gasteiger partial charge >= 0.3 is 17.9 Å². The van der Waals surface area contributed by atoms with Crippen molar-refractivity contribution < 1.29 is 33.3 Å². The van der Waals surface area contributed by atoms with Crippen LogP contribution in [0.15, 0.2) is 108 Å². The monoisotopic (exact) mass is 580 g/mol. The summed E-state index contributed by atoms with van der Waals surface area (Å²) in [5.74, 6) is -2.04. The highest BCUT2D eigenvalue weighted by Gasteiger charge is 2.51. The summed E-state index contributed by atoms with van der Waals surface area (Å²) in [6.07, 6.45) is -2.24. The van der Waals surface area contributed by atoms with E-state index in [9.17, 15) is 19.2 Å². The summed E-state index contributed by atoms with van der Waals surface area (Å²) in [5, 5.41) is 0. The third-order valence-corrected chi connectivity index (χ3v) is 6.82. The molecule has 0 bridgehead atoms. The van der Waals surface area contributed by atoms with Gasteiger partial charge in [0, 0.05) is 0 Å². The van der Waals surface area contributed by atoms with Gasteiger partial charge in [0.25, 0.3) is 5.56 Å². The topological polar surface area (TPSA) is 152 Å². The lowest BCUT2D eigenvalue weighted by Crippen LogP contribution is -2.41. The highest BCUT2D eigenvalue weighted by Crippen LogP contribution is 2.36. The molecule has 3 unspecified atom stereocenters. The molecule has 0 amide bonds. The van der Waals surface area contributed by atoms with Crippen molar-refractivity contribution in [3.8, 4) is 0 Å². The van der Waals surface area contributed by atoms with Crippen LogP contribution in [0.1, 0.15) is 37.3 Å². The number of nitrogens with one attached hydrogen (secondary N) is 1. The maximum Gasteiger partial charge on any atom is 0.338 e. The van der Waals surface area contributed by atoms with Crippen molar-refractivity contribution in [2.75, 3.05) is 6.61 Å². The summed E-state index contributed by atoms with van der Waals surface area (Å²) in [7, 11) is 0. The molecule has 1 fully saturated rings. The molecule has 1 saturated heterocycles. The maximum atomic E-state index is 13.3. The summed E-state index contributed by atoms with van der Waals surface area (Å²) in [5.41, 5.74) is 0.491. The van der Waals surface area contributed by atoms with Crippen molar-refractivity contribution in [3.05, 3.63) is 131 Å². The van der Waals surface area contributed by atoms with Crippen LogP contribution < -0.4 is 5.56 Å². The number of nitrogens with zero attached hydrogens (tertiary/aromatic N) is 3. The molecule has 1 aliphatic heterocycles. The van der Waals surface area contributed by atoms with E-state index < -0.39 is 48.0 Å². The molecule has 4 atom stereocenters. The molecule has 1 N–H and O–H groups in total. The van der Waals surface area contributed by atoms with E-state index in [0.29, 0.717) is 5.56 Å². The van der Waals surface area contributed by atoms with Crippen molar-refractivity contribution in [1.82, 2.24) is 19.5 Å². The van der Waals surface area contributed by atoms with Gasteiger partial charge in [0.1, 0.15) is 12.7 Å². The first-order valence-electron chi connectivity index (χ1n) is 13.3. The van der Waals surface area contributed by atoms with E-state index in [1.165, 1.54) is 17.2 Å². The Bertz CT molecular complexity index is 1810. The number of carbonyl (C=O) groups is 3. The second-order valence-corrected chi connectivity index (χ2v) is 9.56. The van der Waals surface area contributed by atoms with Crippen LogP contribution in [0, 0.1) is 0 Å². The number of carbonyl (C=O) groups excluding carboxylic acids is 3. The average Bonchev–Trinajstić information content (AvgIpc) is 3.63. The molecule has 3 heterocycles. The maximum absolute atomic E-state index is 13.3. The summed E-state index contributed by atoms with van der Waals surface area (Å²) in [4.78, 5) is 62.5. The van der Waals surface area contributed by atoms with Crippen LogP contribution in [0.5, 0.6) is 0 Å². The summed E-state index contributed by atoms with van der Waals surface area (Å²) in [6, 6.07) is 24.9. The van der Waals surface area contributed by atoms with Crippen LogP contribution in [-0.2, 0) is 18.9 Å². The van der Waals surface area contributed by atoms with Crippen molar-refractivity contribution in [3.63, 3.8) is 0 Å². The number of aromatic amines is 1. The molecule has 0 spiro atoms. The number of imidazole rings is 1. The van der Waals surface area contributed by atoms with Gasteiger partial charge in [0.05, 0.1) is 29.3 Å². The van der Waals surface area contributed by atoms with E-state index >= 15 is 0 Å². The number of ether oxygens (including phenoxy) is 4. The fourth-order valence-electron chi connectivity index (χ4n) is 4.73. The number of esters is 3. The van der Waals surface area contributed by atoms with Gasteiger partial charge in [0.2, 0.25) is 0 Å². The van der Waals surface area contributed by atoms with Gasteiger partial charge in [-0.1, -0.05) is 54.6 Å². The number of rotatable bonds is 8. The lowest BCUT2D eigenvalue weighted by Gasteiger charge is -2.25. The van der Waals surface area contributed by atoms with E-state index in [1.54, 1.807) is 91.0 Å². The van der Waals surface area contributed by atoms with E-state index in [4.69, 9.17) is 18.9 Å². The van der Waals surface area contributed by atoms with Gasteiger partial charge in [-0.3, -0.25) is 9.36 Å². The van der Waals surface area contributed by atoms with Crippen molar-refractivity contribution in [2.24, 2.45) is 0 Å². The Kier molecular flexibility index (Phi) is 7.74.